The van der Waals surface area contributed by atoms with E-state index >= 15 is 0 Å². The standard InChI is InChI=1S/C29H32ClN3O5S2/c1-19-15-20(2)28(21(3)16-19)40(37,38)32-13-4-5-23(18-32)29(34)31-25-9-6-22-12-14-33(27(22)17-25)39(35,36)26-10-7-24(30)8-11-26/h6-11,15-17,23H,4-5,12-14,18H2,1-3H3,(H,31,34). The zero-order valence-electron chi connectivity index (χ0n) is 22.6. The molecule has 5 rings (SSSR count). The zero-order valence-corrected chi connectivity index (χ0v) is 25.0. The van der Waals surface area contributed by atoms with Gasteiger partial charge in [-0.15, -0.1) is 0 Å². The molecular weight excluding hydrogens is 570 g/mol. The van der Waals surface area contributed by atoms with E-state index in [1.54, 1.807) is 26.0 Å². The minimum atomic E-state index is -3.81. The molecule has 11 heteroatoms. The fourth-order valence-electron chi connectivity index (χ4n) is 5.73. The van der Waals surface area contributed by atoms with E-state index in [9.17, 15) is 21.6 Å². The minimum Gasteiger partial charge on any atom is -0.326 e. The van der Waals surface area contributed by atoms with Crippen molar-refractivity contribution in [2.24, 2.45) is 5.92 Å². The molecule has 1 atom stereocenters. The summed E-state index contributed by atoms with van der Waals surface area (Å²) in [5.41, 5.74) is 4.24. The van der Waals surface area contributed by atoms with Crippen LogP contribution in [0.1, 0.15) is 35.1 Å². The monoisotopic (exact) mass is 601 g/mol. The highest BCUT2D eigenvalue weighted by atomic mass is 35.5. The van der Waals surface area contributed by atoms with E-state index in [4.69, 9.17) is 11.6 Å². The molecule has 1 N–H and O–H groups in total. The van der Waals surface area contributed by atoms with Crippen molar-refractivity contribution >= 4 is 48.9 Å². The lowest BCUT2D eigenvalue weighted by Crippen LogP contribution is -2.44. The van der Waals surface area contributed by atoms with E-state index in [1.165, 1.54) is 32.9 Å². The van der Waals surface area contributed by atoms with Crippen LogP contribution in [0.25, 0.3) is 0 Å². The average Bonchev–Trinajstić information content (AvgIpc) is 3.32. The quantitative estimate of drug-likeness (QED) is 0.425. The number of amides is 1. The molecular formula is C29H32ClN3O5S2. The number of carbonyl (C=O) groups is 1. The first-order valence-corrected chi connectivity index (χ1v) is 16.4. The summed E-state index contributed by atoms with van der Waals surface area (Å²) in [7, 11) is -7.57. The van der Waals surface area contributed by atoms with Gasteiger partial charge < -0.3 is 5.32 Å². The lowest BCUT2D eigenvalue weighted by atomic mass is 9.98. The molecule has 8 nitrogen and oxygen atoms in total. The van der Waals surface area contributed by atoms with Gasteiger partial charge in [0.15, 0.2) is 0 Å². The first-order chi connectivity index (χ1) is 18.9. The molecule has 1 saturated heterocycles. The van der Waals surface area contributed by atoms with Crippen molar-refractivity contribution in [1.82, 2.24) is 4.31 Å². The second-order valence-corrected chi connectivity index (χ2v) is 14.7. The number of fused-ring (bicyclic) bond motifs is 1. The summed E-state index contributed by atoms with van der Waals surface area (Å²) in [4.78, 5) is 13.8. The number of aryl methyl sites for hydroxylation is 3. The predicted octanol–water partition coefficient (Wildman–Crippen LogP) is 5.06. The largest absolute Gasteiger partial charge is 0.326 e. The number of sulfonamides is 2. The fourth-order valence-corrected chi connectivity index (χ4v) is 9.29. The Balaban J connectivity index is 1.34. The van der Waals surface area contributed by atoms with E-state index in [0.29, 0.717) is 64.8 Å². The van der Waals surface area contributed by atoms with Crippen LogP contribution in [0.2, 0.25) is 5.02 Å². The van der Waals surface area contributed by atoms with Crippen LogP contribution >= 0.6 is 11.6 Å². The number of halogens is 1. The van der Waals surface area contributed by atoms with Crippen molar-refractivity contribution in [3.63, 3.8) is 0 Å². The third-order valence-corrected chi connectivity index (χ3v) is 11.8. The fraction of sp³-hybridized carbons (Fsp3) is 0.345. The molecule has 212 valence electrons. The van der Waals surface area contributed by atoms with Crippen LogP contribution in [0.4, 0.5) is 11.4 Å². The molecule has 3 aromatic carbocycles. The molecule has 0 aromatic heterocycles. The number of hydrogen-bond donors (Lipinski definition) is 1. The number of anilines is 2. The van der Waals surface area contributed by atoms with Gasteiger partial charge in [0.05, 0.1) is 21.4 Å². The molecule has 3 aromatic rings. The average molecular weight is 602 g/mol. The van der Waals surface area contributed by atoms with Gasteiger partial charge in [-0.05, 0) is 93.1 Å². The Morgan fingerprint density at radius 2 is 1.57 bits per heavy atom. The lowest BCUT2D eigenvalue weighted by molar-refractivity contribution is -0.120. The third kappa shape index (κ3) is 5.37. The molecule has 0 radical (unpaired) electrons. The number of rotatable bonds is 6. The summed E-state index contributed by atoms with van der Waals surface area (Å²) in [6, 6.07) is 15.0. The van der Waals surface area contributed by atoms with E-state index in [0.717, 1.165) is 11.1 Å². The van der Waals surface area contributed by atoms with Crippen molar-refractivity contribution < 1.29 is 21.6 Å². The van der Waals surface area contributed by atoms with Crippen molar-refractivity contribution in [1.29, 1.82) is 0 Å². The van der Waals surface area contributed by atoms with Crippen LogP contribution in [0.15, 0.2) is 64.4 Å². The summed E-state index contributed by atoms with van der Waals surface area (Å²) < 4.78 is 56.6. The van der Waals surface area contributed by atoms with Gasteiger partial charge in [0, 0.05) is 30.3 Å². The smallest absolute Gasteiger partial charge is 0.264 e. The molecule has 0 aliphatic carbocycles. The highest BCUT2D eigenvalue weighted by molar-refractivity contribution is 7.92. The van der Waals surface area contributed by atoms with Gasteiger partial charge in [-0.25, -0.2) is 16.8 Å². The molecule has 2 aliphatic heterocycles. The summed E-state index contributed by atoms with van der Waals surface area (Å²) in [6.45, 7) is 6.27. The number of benzene rings is 3. The summed E-state index contributed by atoms with van der Waals surface area (Å²) in [5.74, 6) is -0.820. The minimum absolute atomic E-state index is 0.0862. The van der Waals surface area contributed by atoms with Gasteiger partial charge in [0.2, 0.25) is 15.9 Å². The second-order valence-electron chi connectivity index (χ2n) is 10.5. The molecule has 2 heterocycles. The Bertz CT molecular complexity index is 1670. The van der Waals surface area contributed by atoms with Gasteiger partial charge in [0.1, 0.15) is 0 Å². The van der Waals surface area contributed by atoms with Crippen LogP contribution < -0.4 is 9.62 Å². The van der Waals surface area contributed by atoms with E-state index in [2.05, 4.69) is 5.32 Å². The highest BCUT2D eigenvalue weighted by Gasteiger charge is 2.35. The molecule has 0 spiro atoms. The number of nitrogens with one attached hydrogen (secondary N) is 1. The topological polar surface area (TPSA) is 104 Å². The Hall–Kier alpha value is -2.92. The van der Waals surface area contributed by atoms with Crippen molar-refractivity contribution in [3.05, 3.63) is 81.9 Å². The molecule has 0 bridgehead atoms. The van der Waals surface area contributed by atoms with Crippen LogP contribution in [-0.4, -0.2) is 46.7 Å². The van der Waals surface area contributed by atoms with Crippen molar-refractivity contribution in [2.45, 2.75) is 49.8 Å². The molecule has 2 aliphatic rings. The Labute approximate surface area is 241 Å². The van der Waals surface area contributed by atoms with E-state index < -0.39 is 26.0 Å². The van der Waals surface area contributed by atoms with E-state index in [-0.39, 0.29) is 17.3 Å². The van der Waals surface area contributed by atoms with Gasteiger partial charge >= 0.3 is 0 Å². The maximum atomic E-state index is 13.6. The van der Waals surface area contributed by atoms with Gasteiger partial charge in [-0.3, -0.25) is 9.10 Å². The van der Waals surface area contributed by atoms with E-state index in [1.807, 2.05) is 25.1 Å². The highest BCUT2D eigenvalue weighted by Crippen LogP contribution is 2.36. The summed E-state index contributed by atoms with van der Waals surface area (Å²) in [5, 5.41) is 3.35. The lowest BCUT2D eigenvalue weighted by Gasteiger charge is -2.32. The van der Waals surface area contributed by atoms with Gasteiger partial charge in [0.25, 0.3) is 10.0 Å². The number of piperidine rings is 1. The van der Waals surface area contributed by atoms with Crippen LogP contribution in [0.5, 0.6) is 0 Å². The summed E-state index contributed by atoms with van der Waals surface area (Å²) in [6.07, 6.45) is 1.69. The summed E-state index contributed by atoms with van der Waals surface area (Å²) >= 11 is 5.94. The Kier molecular flexibility index (Phi) is 7.73. The second kappa shape index (κ2) is 10.8. The van der Waals surface area contributed by atoms with Gasteiger partial charge in [-0.2, -0.15) is 4.31 Å². The molecule has 1 amide bonds. The molecule has 1 fully saturated rings. The zero-order chi connectivity index (χ0) is 28.8. The maximum Gasteiger partial charge on any atom is 0.264 e. The van der Waals surface area contributed by atoms with Crippen molar-refractivity contribution in [3.8, 4) is 0 Å². The number of nitrogens with zero attached hydrogens (tertiary/aromatic N) is 2. The number of hydrogen-bond acceptors (Lipinski definition) is 5. The third-order valence-electron chi connectivity index (χ3n) is 7.56. The van der Waals surface area contributed by atoms with Crippen molar-refractivity contribution in [2.75, 3.05) is 29.3 Å². The Morgan fingerprint density at radius 1 is 0.900 bits per heavy atom. The predicted molar refractivity (Wildman–Crippen MR) is 157 cm³/mol. The Morgan fingerprint density at radius 3 is 2.25 bits per heavy atom. The molecule has 1 unspecified atom stereocenters. The molecule has 0 saturated carbocycles. The maximum absolute atomic E-state index is 13.6. The normalized spacial score (nSPS) is 18.0. The SMILES string of the molecule is Cc1cc(C)c(S(=O)(=O)N2CCCC(C(=O)Nc3ccc4c(c3)N(S(=O)(=O)c3ccc(Cl)cc3)CC4)C2)c(C)c1. The van der Waals surface area contributed by atoms with Crippen LogP contribution in [-0.2, 0) is 31.3 Å². The van der Waals surface area contributed by atoms with Crippen LogP contribution in [0, 0.1) is 26.7 Å². The molecule has 40 heavy (non-hydrogen) atoms. The first-order valence-electron chi connectivity index (χ1n) is 13.2. The number of carbonyl (C=O) groups excluding carboxylic acids is 1. The van der Waals surface area contributed by atoms with Gasteiger partial charge in [-0.1, -0.05) is 35.4 Å². The van der Waals surface area contributed by atoms with Crippen LogP contribution in [0.3, 0.4) is 0 Å². The first kappa shape index (κ1) is 28.6.